The van der Waals surface area contributed by atoms with Crippen molar-refractivity contribution in [2.45, 2.75) is 62.2 Å². The van der Waals surface area contributed by atoms with Crippen LogP contribution in [0.4, 0.5) is 5.69 Å². The van der Waals surface area contributed by atoms with Gasteiger partial charge in [0.25, 0.3) is 10.0 Å². The molecule has 1 saturated carbocycles. The Morgan fingerprint density at radius 3 is 2.41 bits per heavy atom. The van der Waals surface area contributed by atoms with Gasteiger partial charge in [-0.05, 0) is 80.0 Å². The van der Waals surface area contributed by atoms with E-state index >= 15 is 0 Å². The molecular weight excluding hydrogens is 492 g/mol. The zero-order valence-corrected chi connectivity index (χ0v) is 21.2. The maximum Gasteiger partial charge on any atom is 0.343 e. The van der Waals surface area contributed by atoms with Crippen molar-refractivity contribution in [2.24, 2.45) is 11.7 Å². The van der Waals surface area contributed by atoms with Crippen molar-refractivity contribution >= 4 is 21.6 Å². The molecule has 37 heavy (non-hydrogen) atoms. The Kier molecular flexibility index (Phi) is 6.81. The van der Waals surface area contributed by atoms with E-state index < -0.39 is 27.5 Å². The van der Waals surface area contributed by atoms with Gasteiger partial charge in [-0.3, -0.25) is 9.52 Å². The fourth-order valence-corrected chi connectivity index (χ4v) is 6.26. The molecule has 2 aliphatic rings. The molecule has 0 radical (unpaired) electrons. The van der Waals surface area contributed by atoms with Crippen LogP contribution in [0, 0.1) is 5.92 Å². The van der Waals surface area contributed by atoms with E-state index in [1.807, 2.05) is 6.07 Å². The Morgan fingerprint density at radius 2 is 1.73 bits per heavy atom. The number of hydrogen-bond acceptors (Lipinski definition) is 6. The van der Waals surface area contributed by atoms with E-state index in [1.54, 1.807) is 18.2 Å². The van der Waals surface area contributed by atoms with Crippen LogP contribution in [0.25, 0.3) is 0 Å². The minimum atomic E-state index is -3.94. The van der Waals surface area contributed by atoms with E-state index in [2.05, 4.69) is 4.72 Å². The summed E-state index contributed by atoms with van der Waals surface area (Å²) in [5, 5.41) is 11.3. The minimum absolute atomic E-state index is 0.0124. The first-order chi connectivity index (χ1) is 17.7. The van der Waals surface area contributed by atoms with Crippen molar-refractivity contribution in [1.29, 1.82) is 0 Å². The predicted octanol–water partition coefficient (Wildman–Crippen LogP) is 4.45. The molecule has 1 atom stereocenters. The van der Waals surface area contributed by atoms with Crippen LogP contribution in [0.1, 0.15) is 77.3 Å². The Hall–Kier alpha value is -3.59. The van der Waals surface area contributed by atoms with Gasteiger partial charge in [-0.15, -0.1) is 0 Å². The highest BCUT2D eigenvalue weighted by Gasteiger charge is 2.38. The fraction of sp³-hybridized carbons (Fsp3) is 0.357. The van der Waals surface area contributed by atoms with Gasteiger partial charge in [-0.25, -0.2) is 13.2 Å². The predicted molar refractivity (Wildman–Crippen MR) is 139 cm³/mol. The third kappa shape index (κ3) is 5.27. The molecule has 1 unspecified atom stereocenters. The number of carbonyl (C=O) groups excluding carboxylic acids is 1. The van der Waals surface area contributed by atoms with Crippen LogP contribution in [-0.4, -0.2) is 19.4 Å². The Labute approximate surface area is 215 Å². The SMILES string of the molecule is NC(=O)c1ccc(S(=O)(=O)Nc2cccc(C(c3c(O)c4c(oc3=O)CCCCCC4)C3CC3)c2)cc1. The van der Waals surface area contributed by atoms with Crippen LogP contribution in [-0.2, 0) is 22.9 Å². The first kappa shape index (κ1) is 25.1. The van der Waals surface area contributed by atoms with E-state index in [0.29, 0.717) is 24.3 Å². The molecule has 2 aliphatic carbocycles. The van der Waals surface area contributed by atoms with Gasteiger partial charge in [-0.1, -0.05) is 25.0 Å². The summed E-state index contributed by atoms with van der Waals surface area (Å²) in [7, 11) is -3.94. The smallest absolute Gasteiger partial charge is 0.343 e. The first-order valence-corrected chi connectivity index (χ1v) is 14.1. The third-order valence-electron chi connectivity index (χ3n) is 7.25. The molecule has 1 aromatic heterocycles. The van der Waals surface area contributed by atoms with Gasteiger partial charge in [0.2, 0.25) is 5.91 Å². The summed E-state index contributed by atoms with van der Waals surface area (Å²) in [6.07, 6.45) is 7.13. The summed E-state index contributed by atoms with van der Waals surface area (Å²) >= 11 is 0. The molecule has 1 fully saturated rings. The number of fused-ring (bicyclic) bond motifs is 1. The number of nitrogens with two attached hydrogens (primary N) is 1. The number of anilines is 1. The van der Waals surface area contributed by atoms with Crippen LogP contribution in [0.15, 0.2) is 62.6 Å². The lowest BCUT2D eigenvalue weighted by Gasteiger charge is -2.22. The fourth-order valence-electron chi connectivity index (χ4n) is 5.21. The van der Waals surface area contributed by atoms with Crippen LogP contribution in [0.2, 0.25) is 0 Å². The largest absolute Gasteiger partial charge is 0.507 e. The number of aromatic hydroxyl groups is 1. The number of rotatable bonds is 7. The van der Waals surface area contributed by atoms with Gasteiger partial charge in [0.1, 0.15) is 11.5 Å². The first-order valence-electron chi connectivity index (χ1n) is 12.6. The monoisotopic (exact) mass is 522 g/mol. The zero-order chi connectivity index (χ0) is 26.2. The van der Waals surface area contributed by atoms with E-state index in [-0.39, 0.29) is 27.7 Å². The molecule has 0 saturated heterocycles. The van der Waals surface area contributed by atoms with Gasteiger partial charge < -0.3 is 15.3 Å². The molecule has 0 spiro atoms. The molecule has 1 heterocycles. The minimum Gasteiger partial charge on any atom is -0.507 e. The average Bonchev–Trinajstić information content (AvgIpc) is 3.68. The van der Waals surface area contributed by atoms with Crippen molar-refractivity contribution < 1.29 is 22.7 Å². The van der Waals surface area contributed by atoms with Crippen molar-refractivity contribution in [3.05, 3.63) is 87.0 Å². The zero-order valence-electron chi connectivity index (χ0n) is 20.4. The Morgan fingerprint density at radius 1 is 1.03 bits per heavy atom. The lowest BCUT2D eigenvalue weighted by atomic mass is 9.85. The normalized spacial score (nSPS) is 16.8. The number of nitrogens with one attached hydrogen (secondary N) is 1. The summed E-state index contributed by atoms with van der Waals surface area (Å²) < 4.78 is 34.3. The average molecular weight is 523 g/mol. The van der Waals surface area contributed by atoms with E-state index in [9.17, 15) is 23.1 Å². The number of sulfonamides is 1. The van der Waals surface area contributed by atoms with Crippen molar-refractivity contribution in [3.8, 4) is 5.75 Å². The number of amides is 1. The quantitative estimate of drug-likeness (QED) is 0.419. The molecule has 3 aromatic rings. The summed E-state index contributed by atoms with van der Waals surface area (Å²) in [5.74, 6) is -0.258. The van der Waals surface area contributed by atoms with Crippen molar-refractivity contribution in [2.75, 3.05) is 4.72 Å². The van der Waals surface area contributed by atoms with E-state index in [4.69, 9.17) is 10.2 Å². The molecule has 0 bridgehead atoms. The van der Waals surface area contributed by atoms with E-state index in [0.717, 1.165) is 49.7 Å². The number of aryl methyl sites for hydroxylation is 1. The van der Waals surface area contributed by atoms with Crippen LogP contribution in [0.3, 0.4) is 0 Å². The number of carbonyl (C=O) groups is 1. The van der Waals surface area contributed by atoms with Crippen molar-refractivity contribution in [1.82, 2.24) is 0 Å². The highest BCUT2D eigenvalue weighted by molar-refractivity contribution is 7.92. The second kappa shape index (κ2) is 10.0. The second-order valence-corrected chi connectivity index (χ2v) is 11.6. The Balaban J connectivity index is 1.49. The standard InChI is InChI=1S/C28H30N2O6S/c29-27(32)18-12-14-21(15-13-18)37(34,35)30-20-7-5-6-19(16-20)24(17-10-11-17)25-26(31)22-8-3-1-2-4-9-23(22)36-28(25)33/h5-7,12-17,24,30-31H,1-4,8-11H2,(H2,29,32). The molecule has 8 nitrogen and oxygen atoms in total. The van der Waals surface area contributed by atoms with Gasteiger partial charge in [0.15, 0.2) is 0 Å². The maximum atomic E-state index is 13.2. The summed E-state index contributed by atoms with van der Waals surface area (Å²) in [6.45, 7) is 0. The van der Waals surface area contributed by atoms with E-state index in [1.165, 1.54) is 24.3 Å². The topological polar surface area (TPSA) is 140 Å². The number of primary amides is 1. The molecule has 9 heteroatoms. The molecule has 0 aliphatic heterocycles. The third-order valence-corrected chi connectivity index (χ3v) is 8.64. The molecular formula is C28H30N2O6S. The van der Waals surface area contributed by atoms with Gasteiger partial charge in [0.05, 0.1) is 10.5 Å². The molecule has 2 aromatic carbocycles. The Bertz CT molecular complexity index is 1490. The maximum absolute atomic E-state index is 13.2. The second-order valence-electron chi connectivity index (χ2n) is 9.90. The lowest BCUT2D eigenvalue weighted by Crippen LogP contribution is -2.19. The van der Waals surface area contributed by atoms with Crippen LogP contribution in [0.5, 0.6) is 5.75 Å². The van der Waals surface area contributed by atoms with Gasteiger partial charge in [0, 0.05) is 29.2 Å². The highest BCUT2D eigenvalue weighted by Crippen LogP contribution is 2.49. The summed E-state index contributed by atoms with van der Waals surface area (Å²) in [4.78, 5) is 24.4. The van der Waals surface area contributed by atoms with Gasteiger partial charge in [-0.2, -0.15) is 0 Å². The van der Waals surface area contributed by atoms with Crippen LogP contribution < -0.4 is 16.1 Å². The molecule has 4 N–H and O–H groups in total. The molecule has 5 rings (SSSR count). The highest BCUT2D eigenvalue weighted by atomic mass is 32.2. The summed E-state index contributed by atoms with van der Waals surface area (Å²) in [6, 6.07) is 12.3. The molecule has 1 amide bonds. The molecule has 194 valence electrons. The van der Waals surface area contributed by atoms with Crippen molar-refractivity contribution in [3.63, 3.8) is 0 Å². The number of benzene rings is 2. The number of hydrogen-bond donors (Lipinski definition) is 3. The van der Waals surface area contributed by atoms with Crippen LogP contribution >= 0.6 is 0 Å². The summed E-state index contributed by atoms with van der Waals surface area (Å²) in [5.41, 5.74) is 7.00. The lowest BCUT2D eigenvalue weighted by molar-refractivity contribution is 0.1000. The van der Waals surface area contributed by atoms with Gasteiger partial charge >= 0.3 is 5.63 Å².